The third-order valence-corrected chi connectivity index (χ3v) is 5.51. The van der Waals surface area contributed by atoms with Gasteiger partial charge in [-0.05, 0) is 42.3 Å². The van der Waals surface area contributed by atoms with E-state index in [1.165, 1.54) is 17.6 Å². The number of esters is 1. The number of rotatable bonds is 4. The lowest BCUT2D eigenvalue weighted by atomic mass is 10.0. The second kappa shape index (κ2) is 6.81. The molecule has 24 heavy (non-hydrogen) atoms. The molecule has 1 amide bonds. The van der Waals surface area contributed by atoms with E-state index in [-0.39, 0.29) is 11.9 Å². The number of thiophene rings is 1. The summed E-state index contributed by atoms with van der Waals surface area (Å²) >= 11 is 1.75. The van der Waals surface area contributed by atoms with Gasteiger partial charge in [0.2, 0.25) is 0 Å². The Kier molecular flexibility index (Phi) is 4.76. The van der Waals surface area contributed by atoms with Crippen LogP contribution in [0.4, 0.5) is 0 Å². The van der Waals surface area contributed by atoms with Crippen LogP contribution in [0, 0.1) is 6.92 Å². The largest absolute Gasteiger partial charge is 0.465 e. The van der Waals surface area contributed by atoms with Crippen LogP contribution in [0.2, 0.25) is 0 Å². The van der Waals surface area contributed by atoms with Gasteiger partial charge in [0.25, 0.3) is 5.91 Å². The lowest BCUT2D eigenvalue weighted by Crippen LogP contribution is -2.36. The van der Waals surface area contributed by atoms with E-state index in [4.69, 9.17) is 4.74 Å². The van der Waals surface area contributed by atoms with Crippen molar-refractivity contribution in [2.75, 3.05) is 13.7 Å². The highest BCUT2D eigenvalue weighted by Gasteiger charge is 2.29. The van der Waals surface area contributed by atoms with Crippen LogP contribution in [0.25, 0.3) is 0 Å². The third-order valence-electron chi connectivity index (χ3n) is 4.49. The molecule has 6 heteroatoms. The molecule has 5 nitrogen and oxygen atoms in total. The van der Waals surface area contributed by atoms with Gasteiger partial charge >= 0.3 is 5.97 Å². The molecular formula is C18H22N2O3S. The molecule has 128 valence electrons. The van der Waals surface area contributed by atoms with E-state index in [0.717, 1.165) is 18.4 Å². The first-order valence-corrected chi connectivity index (χ1v) is 9.09. The number of methoxy groups -OCH3 is 1. The number of aromatic nitrogens is 1. The van der Waals surface area contributed by atoms with Crippen LogP contribution in [0.1, 0.15) is 55.9 Å². The predicted octanol–water partition coefficient (Wildman–Crippen LogP) is 3.32. The van der Waals surface area contributed by atoms with Crippen LogP contribution in [0.15, 0.2) is 11.4 Å². The predicted molar refractivity (Wildman–Crippen MR) is 93.6 cm³/mol. The summed E-state index contributed by atoms with van der Waals surface area (Å²) in [4.78, 5) is 31.5. The lowest BCUT2D eigenvalue weighted by Gasteiger charge is -2.27. The molecule has 0 aromatic carbocycles. The smallest absolute Gasteiger partial charge is 0.339 e. The van der Waals surface area contributed by atoms with Gasteiger partial charge in [-0.2, -0.15) is 0 Å². The normalized spacial score (nSPS) is 13.7. The van der Waals surface area contributed by atoms with Crippen molar-refractivity contribution in [2.45, 2.75) is 39.7 Å². The number of carbonyl (C=O) groups excluding carboxylic acids is 2. The molecule has 1 aliphatic heterocycles. The number of hydrogen-bond acceptors (Lipinski definition) is 4. The van der Waals surface area contributed by atoms with Gasteiger partial charge in [-0.1, -0.05) is 13.3 Å². The minimum atomic E-state index is -0.384. The third kappa shape index (κ3) is 2.86. The van der Waals surface area contributed by atoms with Crippen LogP contribution in [0.3, 0.4) is 0 Å². The van der Waals surface area contributed by atoms with Crippen LogP contribution >= 0.6 is 11.3 Å². The first-order chi connectivity index (χ1) is 11.6. The van der Waals surface area contributed by atoms with Crippen LogP contribution < -0.4 is 0 Å². The van der Waals surface area contributed by atoms with Crippen molar-refractivity contribution >= 4 is 23.2 Å². The molecule has 0 radical (unpaired) electrons. The van der Waals surface area contributed by atoms with E-state index in [1.807, 2.05) is 18.7 Å². The van der Waals surface area contributed by atoms with Crippen molar-refractivity contribution in [2.24, 2.45) is 0 Å². The Morgan fingerprint density at radius 2 is 2.21 bits per heavy atom. The fourth-order valence-electron chi connectivity index (χ4n) is 3.32. The van der Waals surface area contributed by atoms with E-state index in [9.17, 15) is 9.59 Å². The standard InChI is InChI=1S/C18H22N2O3S/c1-4-5-13-15(18(22)23-3)11(2)19-16(13)17(21)20-8-6-14-12(10-20)7-9-24-14/h7,9,19H,4-6,8,10H2,1-3H3. The lowest BCUT2D eigenvalue weighted by molar-refractivity contribution is 0.0599. The highest BCUT2D eigenvalue weighted by Crippen LogP contribution is 2.27. The molecule has 2 aromatic heterocycles. The van der Waals surface area contributed by atoms with Crippen molar-refractivity contribution in [1.29, 1.82) is 0 Å². The number of fused-ring (bicyclic) bond motifs is 1. The summed E-state index contributed by atoms with van der Waals surface area (Å²) in [6, 6.07) is 2.09. The van der Waals surface area contributed by atoms with Crippen molar-refractivity contribution in [3.63, 3.8) is 0 Å². The molecule has 1 aliphatic rings. The second-order valence-corrected chi connectivity index (χ2v) is 7.07. The quantitative estimate of drug-likeness (QED) is 0.864. The fraction of sp³-hybridized carbons (Fsp3) is 0.444. The average molecular weight is 346 g/mol. The van der Waals surface area contributed by atoms with Gasteiger partial charge in [-0.25, -0.2) is 4.79 Å². The molecule has 0 bridgehead atoms. The summed E-state index contributed by atoms with van der Waals surface area (Å²) in [5, 5.41) is 2.08. The first kappa shape index (κ1) is 16.8. The fourth-order valence-corrected chi connectivity index (χ4v) is 4.21. The highest BCUT2D eigenvalue weighted by atomic mass is 32.1. The van der Waals surface area contributed by atoms with Gasteiger partial charge in [0.1, 0.15) is 5.69 Å². The number of aryl methyl sites for hydroxylation is 1. The van der Waals surface area contributed by atoms with E-state index in [1.54, 1.807) is 11.3 Å². The van der Waals surface area contributed by atoms with Gasteiger partial charge < -0.3 is 14.6 Å². The SMILES string of the molecule is CCCc1c(C(=O)N2CCc3sccc3C2)[nH]c(C)c1C(=O)OC. The summed E-state index contributed by atoms with van der Waals surface area (Å²) in [5.74, 6) is -0.418. The molecule has 0 atom stereocenters. The molecule has 2 aromatic rings. The molecule has 3 rings (SSSR count). The number of hydrogen-bond donors (Lipinski definition) is 1. The van der Waals surface area contributed by atoms with E-state index in [2.05, 4.69) is 16.4 Å². The number of amides is 1. The summed E-state index contributed by atoms with van der Waals surface area (Å²) < 4.78 is 4.90. The minimum absolute atomic E-state index is 0.0337. The number of ether oxygens (including phenoxy) is 1. The number of H-pyrrole nitrogens is 1. The minimum Gasteiger partial charge on any atom is -0.465 e. The van der Waals surface area contributed by atoms with Crippen molar-refractivity contribution in [3.05, 3.63) is 44.4 Å². The number of nitrogens with zero attached hydrogens (tertiary/aromatic N) is 1. The zero-order valence-electron chi connectivity index (χ0n) is 14.3. The van der Waals surface area contributed by atoms with Gasteiger partial charge in [0.05, 0.1) is 12.7 Å². The molecule has 3 heterocycles. The Hall–Kier alpha value is -2.08. The van der Waals surface area contributed by atoms with Crippen molar-refractivity contribution in [3.8, 4) is 0 Å². The van der Waals surface area contributed by atoms with E-state index >= 15 is 0 Å². The molecule has 0 saturated heterocycles. The van der Waals surface area contributed by atoms with E-state index in [0.29, 0.717) is 36.5 Å². The first-order valence-electron chi connectivity index (χ1n) is 8.21. The molecule has 0 saturated carbocycles. The van der Waals surface area contributed by atoms with Crippen LogP contribution in [-0.4, -0.2) is 35.4 Å². The summed E-state index contributed by atoms with van der Waals surface area (Å²) in [6.07, 6.45) is 2.43. The Morgan fingerprint density at radius 3 is 2.92 bits per heavy atom. The number of nitrogens with one attached hydrogen (secondary N) is 1. The maximum Gasteiger partial charge on any atom is 0.339 e. The Morgan fingerprint density at radius 1 is 1.42 bits per heavy atom. The second-order valence-electron chi connectivity index (χ2n) is 6.07. The maximum absolute atomic E-state index is 13.0. The summed E-state index contributed by atoms with van der Waals surface area (Å²) in [5.41, 5.74) is 3.75. The van der Waals surface area contributed by atoms with Crippen molar-refractivity contribution < 1.29 is 14.3 Å². The highest BCUT2D eigenvalue weighted by molar-refractivity contribution is 7.10. The average Bonchev–Trinajstić information content (AvgIpc) is 3.17. The zero-order chi connectivity index (χ0) is 17.3. The van der Waals surface area contributed by atoms with Gasteiger partial charge in [-0.15, -0.1) is 11.3 Å². The maximum atomic E-state index is 13.0. The van der Waals surface area contributed by atoms with Crippen LogP contribution in [-0.2, 0) is 24.1 Å². The molecular weight excluding hydrogens is 324 g/mol. The number of carbonyl (C=O) groups is 2. The molecule has 0 aliphatic carbocycles. The number of aromatic amines is 1. The Balaban J connectivity index is 1.94. The van der Waals surface area contributed by atoms with Gasteiger partial charge in [0.15, 0.2) is 0 Å². The Labute approximate surface area is 145 Å². The molecule has 0 fully saturated rings. The summed E-state index contributed by atoms with van der Waals surface area (Å²) in [6.45, 7) is 5.20. The van der Waals surface area contributed by atoms with Gasteiger partial charge in [0, 0.05) is 23.7 Å². The molecule has 0 unspecified atom stereocenters. The monoisotopic (exact) mass is 346 g/mol. The zero-order valence-corrected chi connectivity index (χ0v) is 15.1. The van der Waals surface area contributed by atoms with E-state index < -0.39 is 0 Å². The molecule has 0 spiro atoms. The topological polar surface area (TPSA) is 62.4 Å². The Bertz CT molecular complexity index is 775. The van der Waals surface area contributed by atoms with Crippen molar-refractivity contribution in [1.82, 2.24) is 9.88 Å². The molecule has 1 N–H and O–H groups in total. The summed E-state index contributed by atoms with van der Waals surface area (Å²) in [7, 11) is 1.37. The van der Waals surface area contributed by atoms with Gasteiger partial charge in [-0.3, -0.25) is 4.79 Å². The van der Waals surface area contributed by atoms with Crippen LogP contribution in [0.5, 0.6) is 0 Å².